The molecule has 0 aliphatic carbocycles. The summed E-state index contributed by atoms with van der Waals surface area (Å²) in [5.41, 5.74) is 3.47. The molecule has 0 amide bonds. The predicted molar refractivity (Wildman–Crippen MR) is 94.1 cm³/mol. The van der Waals surface area contributed by atoms with Crippen LogP contribution in [-0.2, 0) is 16.4 Å². The molecule has 122 valence electrons. The average Bonchev–Trinajstić information content (AvgIpc) is 3.09. The molecule has 0 aliphatic rings. The highest BCUT2D eigenvalue weighted by Gasteiger charge is 2.14. The van der Waals surface area contributed by atoms with E-state index in [9.17, 15) is 8.42 Å². The summed E-state index contributed by atoms with van der Waals surface area (Å²) in [5.74, 6) is 0.893. The van der Waals surface area contributed by atoms with Crippen molar-refractivity contribution in [3.63, 3.8) is 0 Å². The third kappa shape index (κ3) is 2.57. The highest BCUT2D eigenvalue weighted by Crippen LogP contribution is 2.27. The van der Waals surface area contributed by atoms with E-state index in [1.54, 1.807) is 6.20 Å². The Morgan fingerprint density at radius 2 is 2.00 bits per heavy atom. The zero-order valence-corrected chi connectivity index (χ0v) is 14.7. The van der Waals surface area contributed by atoms with Gasteiger partial charge in [-0.1, -0.05) is 6.07 Å². The summed E-state index contributed by atoms with van der Waals surface area (Å²) in [6.07, 6.45) is 2.93. The summed E-state index contributed by atoms with van der Waals surface area (Å²) in [7, 11) is -3.28. The maximum Gasteiger partial charge on any atom is 0.210 e. The number of thiazole rings is 1. The molecule has 0 unspecified atom stereocenters. The first-order valence-corrected chi connectivity index (χ1v) is 10.00. The molecule has 0 spiro atoms. The normalized spacial score (nSPS) is 12.2. The maximum absolute atomic E-state index is 11.7. The highest BCUT2D eigenvalue weighted by atomic mass is 32.2. The Hall–Kier alpha value is -2.32. The van der Waals surface area contributed by atoms with E-state index >= 15 is 0 Å². The number of imidazole rings is 1. The zero-order chi connectivity index (χ0) is 16.9. The van der Waals surface area contributed by atoms with Gasteiger partial charge in [-0.25, -0.2) is 23.4 Å². The minimum absolute atomic E-state index is 0.153. The van der Waals surface area contributed by atoms with Crippen LogP contribution in [0.5, 0.6) is 0 Å². The molecule has 3 heterocycles. The van der Waals surface area contributed by atoms with Crippen LogP contribution in [0.1, 0.15) is 11.4 Å². The van der Waals surface area contributed by atoms with Crippen LogP contribution >= 0.6 is 11.3 Å². The van der Waals surface area contributed by atoms with Crippen molar-refractivity contribution >= 4 is 42.6 Å². The van der Waals surface area contributed by atoms with Gasteiger partial charge in [0.1, 0.15) is 11.3 Å². The van der Waals surface area contributed by atoms with Gasteiger partial charge in [0.2, 0.25) is 14.2 Å². The van der Waals surface area contributed by atoms with E-state index in [1.165, 1.54) is 17.6 Å². The molecule has 4 rings (SSSR count). The molecule has 0 radical (unpaired) electrons. The number of aromatic nitrogens is 4. The maximum atomic E-state index is 11.7. The first-order chi connectivity index (χ1) is 11.4. The van der Waals surface area contributed by atoms with Crippen LogP contribution in [0.3, 0.4) is 0 Å². The second-order valence-corrected chi connectivity index (χ2v) is 8.87. The van der Waals surface area contributed by atoms with Gasteiger partial charge in [-0.05, 0) is 36.8 Å². The van der Waals surface area contributed by atoms with Gasteiger partial charge in [-0.3, -0.25) is 0 Å². The van der Waals surface area contributed by atoms with E-state index in [-0.39, 0.29) is 4.34 Å². The molecular weight excluding hydrogens is 344 g/mol. The van der Waals surface area contributed by atoms with E-state index in [4.69, 9.17) is 0 Å². The molecular formula is C16H14N4O2S2. The number of hydrogen-bond donors (Lipinski definition) is 0. The summed E-state index contributed by atoms with van der Waals surface area (Å²) >= 11 is 1.20. The Kier molecular flexibility index (Phi) is 3.40. The van der Waals surface area contributed by atoms with Crippen LogP contribution in [0.15, 0.2) is 40.9 Å². The van der Waals surface area contributed by atoms with Crippen molar-refractivity contribution in [3.05, 3.63) is 47.9 Å². The summed E-state index contributed by atoms with van der Waals surface area (Å²) in [6.45, 7) is 2.58. The SMILES string of the molecule is Cc1nc2cccnc2n1Cc1ccc2nc(S(C)(=O)=O)sc2c1. The summed E-state index contributed by atoms with van der Waals surface area (Å²) < 4.78 is 26.4. The molecule has 6 nitrogen and oxygen atoms in total. The number of rotatable bonds is 3. The highest BCUT2D eigenvalue weighted by molar-refractivity contribution is 7.92. The van der Waals surface area contributed by atoms with E-state index in [1.807, 2.05) is 37.3 Å². The van der Waals surface area contributed by atoms with E-state index in [0.29, 0.717) is 12.1 Å². The standard InChI is InChI=1S/C16H14N4O2S2/c1-10-18-13-4-3-7-17-15(13)20(10)9-11-5-6-12-14(8-11)23-16(19-12)24(2,21)22/h3-8H,9H2,1-2H3. The first kappa shape index (κ1) is 15.2. The molecule has 0 bridgehead atoms. The van der Waals surface area contributed by atoms with Gasteiger partial charge < -0.3 is 4.57 Å². The molecule has 0 atom stereocenters. The number of hydrogen-bond acceptors (Lipinski definition) is 6. The Morgan fingerprint density at radius 1 is 1.17 bits per heavy atom. The molecule has 0 fully saturated rings. The quantitative estimate of drug-likeness (QED) is 0.563. The lowest BCUT2D eigenvalue weighted by atomic mass is 10.2. The van der Waals surface area contributed by atoms with Crippen molar-refractivity contribution in [3.8, 4) is 0 Å². The second kappa shape index (κ2) is 5.35. The fourth-order valence-electron chi connectivity index (χ4n) is 2.65. The van der Waals surface area contributed by atoms with Crippen LogP contribution in [0.4, 0.5) is 0 Å². The predicted octanol–water partition coefficient (Wildman–Crippen LogP) is 2.80. The van der Waals surface area contributed by atoms with Crippen molar-refractivity contribution in [2.75, 3.05) is 6.26 Å². The second-order valence-electron chi connectivity index (χ2n) is 5.65. The number of aryl methyl sites for hydroxylation is 1. The first-order valence-electron chi connectivity index (χ1n) is 7.29. The fraction of sp³-hybridized carbons (Fsp3) is 0.188. The number of benzene rings is 1. The number of fused-ring (bicyclic) bond motifs is 2. The third-order valence-electron chi connectivity index (χ3n) is 3.79. The van der Waals surface area contributed by atoms with Gasteiger partial charge in [0.05, 0.1) is 16.8 Å². The minimum Gasteiger partial charge on any atom is -0.308 e. The van der Waals surface area contributed by atoms with Gasteiger partial charge in [0, 0.05) is 12.5 Å². The zero-order valence-electron chi connectivity index (χ0n) is 13.1. The molecule has 0 N–H and O–H groups in total. The topological polar surface area (TPSA) is 77.7 Å². The lowest BCUT2D eigenvalue weighted by Gasteiger charge is -2.06. The molecule has 0 aliphatic heterocycles. The molecule has 1 aromatic carbocycles. The number of pyridine rings is 1. The van der Waals surface area contributed by atoms with Crippen molar-refractivity contribution in [1.29, 1.82) is 0 Å². The minimum atomic E-state index is -3.28. The smallest absolute Gasteiger partial charge is 0.210 e. The average molecular weight is 358 g/mol. The van der Waals surface area contributed by atoms with Gasteiger partial charge in [0.25, 0.3) is 0 Å². The van der Waals surface area contributed by atoms with Crippen LogP contribution in [0.2, 0.25) is 0 Å². The molecule has 4 aromatic rings. The summed E-state index contributed by atoms with van der Waals surface area (Å²) in [4.78, 5) is 13.1. The van der Waals surface area contributed by atoms with E-state index in [2.05, 4.69) is 19.5 Å². The summed E-state index contributed by atoms with van der Waals surface area (Å²) in [5, 5.41) is 0. The van der Waals surface area contributed by atoms with Gasteiger partial charge in [-0.2, -0.15) is 0 Å². The summed E-state index contributed by atoms with van der Waals surface area (Å²) in [6, 6.07) is 9.61. The number of nitrogens with zero attached hydrogens (tertiary/aromatic N) is 4. The van der Waals surface area contributed by atoms with Crippen molar-refractivity contribution in [1.82, 2.24) is 19.5 Å². The Balaban J connectivity index is 1.78. The Bertz CT molecular complexity index is 1180. The number of sulfone groups is 1. The Labute approximate surface area is 142 Å². The van der Waals surface area contributed by atoms with Crippen molar-refractivity contribution < 1.29 is 8.42 Å². The van der Waals surface area contributed by atoms with E-state index < -0.39 is 9.84 Å². The largest absolute Gasteiger partial charge is 0.308 e. The van der Waals surface area contributed by atoms with E-state index in [0.717, 1.165) is 27.3 Å². The van der Waals surface area contributed by atoms with Crippen LogP contribution in [0.25, 0.3) is 21.4 Å². The van der Waals surface area contributed by atoms with Gasteiger partial charge >= 0.3 is 0 Å². The van der Waals surface area contributed by atoms with Crippen molar-refractivity contribution in [2.45, 2.75) is 17.8 Å². The van der Waals surface area contributed by atoms with Crippen LogP contribution in [-0.4, -0.2) is 34.2 Å². The van der Waals surface area contributed by atoms with Gasteiger partial charge in [-0.15, -0.1) is 11.3 Å². The van der Waals surface area contributed by atoms with Gasteiger partial charge in [0.15, 0.2) is 5.65 Å². The lowest BCUT2D eigenvalue weighted by molar-refractivity contribution is 0.601. The molecule has 0 saturated carbocycles. The monoisotopic (exact) mass is 358 g/mol. The fourth-order valence-corrected chi connectivity index (χ4v) is 4.55. The van der Waals surface area contributed by atoms with Crippen LogP contribution in [0, 0.1) is 6.92 Å². The molecule has 8 heteroatoms. The molecule has 24 heavy (non-hydrogen) atoms. The van der Waals surface area contributed by atoms with Crippen LogP contribution < -0.4 is 0 Å². The third-order valence-corrected chi connectivity index (χ3v) is 6.48. The molecule has 3 aromatic heterocycles. The Morgan fingerprint density at radius 3 is 2.79 bits per heavy atom. The lowest BCUT2D eigenvalue weighted by Crippen LogP contribution is -2.02. The van der Waals surface area contributed by atoms with Crippen molar-refractivity contribution in [2.24, 2.45) is 0 Å². The molecule has 0 saturated heterocycles.